The van der Waals surface area contributed by atoms with Gasteiger partial charge in [-0.15, -0.1) is 0 Å². The number of phenolic OH excluding ortho intramolecular Hbond substituents is 1. The fraction of sp³-hybridized carbons (Fsp3) is 0.550. The average molecular weight is 328 g/mol. The summed E-state index contributed by atoms with van der Waals surface area (Å²) in [4.78, 5) is 12.8. The lowest BCUT2D eigenvalue weighted by molar-refractivity contribution is -0.115. The molecule has 0 aliphatic heterocycles. The summed E-state index contributed by atoms with van der Waals surface area (Å²) < 4.78 is 5.43. The summed E-state index contributed by atoms with van der Waals surface area (Å²) in [7, 11) is 1.72. The fourth-order valence-corrected chi connectivity index (χ4v) is 4.46. The number of ether oxygens (including phenoxy) is 1. The Hall–Kier alpha value is -1.81. The molecule has 0 radical (unpaired) electrons. The van der Waals surface area contributed by atoms with Crippen molar-refractivity contribution >= 4 is 11.4 Å². The fourth-order valence-electron chi connectivity index (χ4n) is 4.46. The molecule has 1 aromatic carbocycles. The largest absolute Gasteiger partial charge is 0.511 e. The highest BCUT2D eigenvalue weighted by atomic mass is 16.5. The van der Waals surface area contributed by atoms with E-state index in [1.165, 1.54) is 0 Å². The van der Waals surface area contributed by atoms with Crippen LogP contribution in [0.5, 0.6) is 5.75 Å². The van der Waals surface area contributed by atoms with Crippen LogP contribution >= 0.6 is 0 Å². The van der Waals surface area contributed by atoms with Crippen molar-refractivity contribution in [2.75, 3.05) is 7.11 Å². The number of hydrogen-bond donors (Lipinski definition) is 2. The molecule has 128 valence electrons. The predicted octanol–water partition coefficient (Wildman–Crippen LogP) is 4.09. The molecule has 1 aromatic rings. The molecule has 2 saturated carbocycles. The van der Waals surface area contributed by atoms with Crippen molar-refractivity contribution in [2.45, 2.75) is 57.0 Å². The van der Waals surface area contributed by atoms with E-state index in [1.807, 2.05) is 6.07 Å². The number of aromatic hydroxyl groups is 1. The van der Waals surface area contributed by atoms with Crippen molar-refractivity contribution in [1.29, 1.82) is 0 Å². The molecule has 3 aliphatic carbocycles. The Morgan fingerprint density at radius 3 is 2.46 bits per heavy atom. The van der Waals surface area contributed by atoms with E-state index in [-0.39, 0.29) is 23.4 Å². The molecular weight excluding hydrogens is 304 g/mol. The van der Waals surface area contributed by atoms with Crippen molar-refractivity contribution in [1.82, 2.24) is 0 Å². The minimum Gasteiger partial charge on any atom is -0.511 e. The van der Waals surface area contributed by atoms with Crippen molar-refractivity contribution in [3.05, 3.63) is 35.1 Å². The molecule has 0 aromatic heterocycles. The van der Waals surface area contributed by atoms with Crippen LogP contribution in [0.25, 0.3) is 5.57 Å². The molecule has 0 unspecified atom stereocenters. The second-order valence-corrected chi connectivity index (χ2v) is 7.58. The number of Topliss-reactive ketones (excluding diaryl/α,β-unsaturated/α-hetero) is 1. The van der Waals surface area contributed by atoms with Crippen LogP contribution in [0.1, 0.15) is 62.0 Å². The zero-order chi connectivity index (χ0) is 16.9. The van der Waals surface area contributed by atoms with Gasteiger partial charge in [0.15, 0.2) is 5.78 Å². The van der Waals surface area contributed by atoms with E-state index in [9.17, 15) is 15.0 Å². The number of carbonyl (C=O) groups excluding carboxylic acids is 1. The van der Waals surface area contributed by atoms with Gasteiger partial charge in [0.1, 0.15) is 11.5 Å². The number of ketones is 1. The second-order valence-electron chi connectivity index (χ2n) is 7.58. The monoisotopic (exact) mass is 328 g/mol. The number of hydrogen-bond acceptors (Lipinski definition) is 4. The maximum absolute atomic E-state index is 12.8. The van der Waals surface area contributed by atoms with E-state index in [0.29, 0.717) is 17.9 Å². The third-order valence-corrected chi connectivity index (χ3v) is 6.06. The number of rotatable bonds is 3. The number of methoxy groups -OCH3 is 1. The molecule has 0 atom stereocenters. The van der Waals surface area contributed by atoms with Crippen molar-refractivity contribution in [2.24, 2.45) is 5.41 Å². The molecule has 3 aliphatic rings. The molecule has 24 heavy (non-hydrogen) atoms. The Morgan fingerprint density at radius 1 is 1.12 bits per heavy atom. The van der Waals surface area contributed by atoms with E-state index in [1.54, 1.807) is 19.2 Å². The van der Waals surface area contributed by atoms with Crippen LogP contribution in [0.3, 0.4) is 0 Å². The van der Waals surface area contributed by atoms with Gasteiger partial charge >= 0.3 is 0 Å². The first-order valence-corrected chi connectivity index (χ1v) is 8.87. The van der Waals surface area contributed by atoms with Crippen LogP contribution in [-0.2, 0) is 9.53 Å². The highest BCUT2D eigenvalue weighted by Crippen LogP contribution is 2.54. The summed E-state index contributed by atoms with van der Waals surface area (Å²) in [6.45, 7) is 0. The Kier molecular flexibility index (Phi) is 3.68. The molecule has 4 heteroatoms. The highest BCUT2D eigenvalue weighted by Gasteiger charge is 2.48. The number of allylic oxidation sites excluding steroid dienone is 2. The normalized spacial score (nSPS) is 30.4. The molecule has 4 nitrogen and oxygen atoms in total. The van der Waals surface area contributed by atoms with Crippen molar-refractivity contribution < 1.29 is 19.7 Å². The van der Waals surface area contributed by atoms with Gasteiger partial charge in [-0.2, -0.15) is 0 Å². The molecule has 2 N–H and O–H groups in total. The lowest BCUT2D eigenvalue weighted by Gasteiger charge is -2.36. The van der Waals surface area contributed by atoms with Gasteiger partial charge in [0.05, 0.1) is 11.7 Å². The molecule has 0 bridgehead atoms. The van der Waals surface area contributed by atoms with E-state index < -0.39 is 5.41 Å². The van der Waals surface area contributed by atoms with Crippen LogP contribution in [0, 0.1) is 5.41 Å². The summed E-state index contributed by atoms with van der Waals surface area (Å²) in [6, 6.07) is 5.23. The Labute approximate surface area is 142 Å². The number of aliphatic hydroxyl groups excluding tert-OH is 1. The van der Waals surface area contributed by atoms with Gasteiger partial charge in [-0.1, -0.05) is 6.07 Å². The maximum atomic E-state index is 12.8. The number of phenols is 1. The predicted molar refractivity (Wildman–Crippen MR) is 91.0 cm³/mol. The van der Waals surface area contributed by atoms with Crippen LogP contribution in [0.4, 0.5) is 0 Å². The zero-order valence-electron chi connectivity index (χ0n) is 14.0. The molecule has 0 amide bonds. The van der Waals surface area contributed by atoms with Gasteiger partial charge in [-0.25, -0.2) is 0 Å². The average Bonchev–Trinajstić information content (AvgIpc) is 3.37. The first-order chi connectivity index (χ1) is 11.5. The highest BCUT2D eigenvalue weighted by molar-refractivity contribution is 6.24. The molecule has 0 saturated heterocycles. The summed E-state index contributed by atoms with van der Waals surface area (Å²) >= 11 is 0. The Bertz CT molecular complexity index is 706. The minimum absolute atomic E-state index is 0.0101. The Balaban J connectivity index is 1.75. The van der Waals surface area contributed by atoms with Crippen LogP contribution in [0.2, 0.25) is 0 Å². The van der Waals surface area contributed by atoms with E-state index in [2.05, 4.69) is 0 Å². The van der Waals surface area contributed by atoms with Crippen molar-refractivity contribution in [3.63, 3.8) is 0 Å². The molecule has 0 heterocycles. The number of benzene rings is 1. The molecule has 2 fully saturated rings. The van der Waals surface area contributed by atoms with Crippen LogP contribution in [0.15, 0.2) is 24.0 Å². The lowest BCUT2D eigenvalue weighted by atomic mass is 9.71. The van der Waals surface area contributed by atoms with Crippen LogP contribution < -0.4 is 0 Å². The minimum atomic E-state index is -0.423. The van der Waals surface area contributed by atoms with Crippen LogP contribution in [-0.4, -0.2) is 29.2 Å². The molecular formula is C20H24O4. The molecule has 4 rings (SSSR count). The summed E-state index contributed by atoms with van der Waals surface area (Å²) in [5, 5.41) is 20.9. The van der Waals surface area contributed by atoms with E-state index in [0.717, 1.165) is 49.7 Å². The summed E-state index contributed by atoms with van der Waals surface area (Å²) in [5.41, 5.74) is 1.85. The maximum Gasteiger partial charge on any atom is 0.167 e. The summed E-state index contributed by atoms with van der Waals surface area (Å²) in [6.07, 6.45) is 6.14. The first kappa shape index (κ1) is 15.7. The van der Waals surface area contributed by atoms with Gasteiger partial charge in [-0.05, 0) is 67.7 Å². The van der Waals surface area contributed by atoms with E-state index >= 15 is 0 Å². The standard InChI is InChI=1S/C20H24O4/c1-24-14-6-8-20(9-7-14)11-17(22)18(19(20)23)16-10-13(21)4-5-15(16)12-2-3-12/h4-5,10,12,14,21,23H,2-3,6-9,11H2,1H3. The Morgan fingerprint density at radius 2 is 1.83 bits per heavy atom. The lowest BCUT2D eigenvalue weighted by Crippen LogP contribution is -2.31. The quantitative estimate of drug-likeness (QED) is 0.877. The summed E-state index contributed by atoms with van der Waals surface area (Å²) in [5.74, 6) is 0.853. The van der Waals surface area contributed by atoms with Crippen molar-refractivity contribution in [3.8, 4) is 5.75 Å². The van der Waals surface area contributed by atoms with Gasteiger partial charge in [-0.3, -0.25) is 4.79 Å². The third kappa shape index (κ3) is 2.44. The number of aliphatic hydroxyl groups is 1. The van der Waals surface area contributed by atoms with Gasteiger partial charge in [0.25, 0.3) is 0 Å². The SMILES string of the molecule is COC1CCC2(CC1)CC(=O)C(c1cc(O)ccc1C1CC1)=C2O. The van der Waals surface area contributed by atoms with Gasteiger partial charge < -0.3 is 14.9 Å². The smallest absolute Gasteiger partial charge is 0.167 e. The third-order valence-electron chi connectivity index (χ3n) is 6.06. The second kappa shape index (κ2) is 5.62. The molecule has 1 spiro atoms. The van der Waals surface area contributed by atoms with Gasteiger partial charge in [0.2, 0.25) is 0 Å². The number of carbonyl (C=O) groups is 1. The zero-order valence-corrected chi connectivity index (χ0v) is 14.0. The van der Waals surface area contributed by atoms with E-state index in [4.69, 9.17) is 4.74 Å². The topological polar surface area (TPSA) is 66.8 Å². The van der Waals surface area contributed by atoms with Gasteiger partial charge in [0, 0.05) is 18.9 Å². The first-order valence-electron chi connectivity index (χ1n) is 8.87.